The molecule has 1 aromatic carbocycles. The van der Waals surface area contributed by atoms with Crippen molar-refractivity contribution in [2.75, 3.05) is 6.61 Å². The molecule has 0 aliphatic carbocycles. The van der Waals surface area contributed by atoms with Crippen LogP contribution >= 0.6 is 0 Å². The second-order valence-electron chi connectivity index (χ2n) is 2.99. The van der Waals surface area contributed by atoms with Crippen molar-refractivity contribution < 1.29 is 9.84 Å². The van der Waals surface area contributed by atoms with Gasteiger partial charge in [0.15, 0.2) is 6.29 Å². The summed E-state index contributed by atoms with van der Waals surface area (Å²) in [5.41, 5.74) is 0.818. The first kappa shape index (κ1) is 10.2. The zero-order chi connectivity index (χ0) is 9.52. The lowest BCUT2D eigenvalue weighted by atomic mass is 10.2. The van der Waals surface area contributed by atoms with Crippen molar-refractivity contribution in [1.29, 1.82) is 0 Å². The van der Waals surface area contributed by atoms with Gasteiger partial charge in [-0.25, -0.2) is 0 Å². The number of unbranched alkanes of at least 4 members (excludes halogenated alkanes) is 1. The summed E-state index contributed by atoms with van der Waals surface area (Å²) >= 11 is 0. The van der Waals surface area contributed by atoms with E-state index >= 15 is 0 Å². The molecular weight excluding hydrogens is 164 g/mol. The topological polar surface area (TPSA) is 29.5 Å². The Hall–Kier alpha value is -0.860. The lowest BCUT2D eigenvalue weighted by Crippen LogP contribution is -2.03. The van der Waals surface area contributed by atoms with Gasteiger partial charge in [-0.2, -0.15) is 0 Å². The average Bonchev–Trinajstić information content (AvgIpc) is 2.19. The quantitative estimate of drug-likeness (QED) is 0.557. The van der Waals surface area contributed by atoms with Crippen LogP contribution in [0.15, 0.2) is 30.3 Å². The molecule has 0 fully saturated rings. The Morgan fingerprint density at radius 2 is 2.00 bits per heavy atom. The molecule has 13 heavy (non-hydrogen) atoms. The lowest BCUT2D eigenvalue weighted by Gasteiger charge is -2.11. The molecule has 0 aliphatic rings. The first-order valence-corrected chi connectivity index (χ1v) is 4.69. The van der Waals surface area contributed by atoms with Crippen LogP contribution in [-0.2, 0) is 4.74 Å². The highest BCUT2D eigenvalue weighted by atomic mass is 16.6. The molecule has 2 heteroatoms. The maximum Gasteiger partial charge on any atom is 0.181 e. The molecule has 1 N–H and O–H groups in total. The minimum Gasteiger partial charge on any atom is -0.364 e. The van der Waals surface area contributed by atoms with Crippen molar-refractivity contribution in [3.05, 3.63) is 35.9 Å². The normalized spacial score (nSPS) is 12.8. The van der Waals surface area contributed by atoms with Crippen LogP contribution in [0, 0.1) is 0 Å². The summed E-state index contributed by atoms with van der Waals surface area (Å²) < 4.78 is 5.22. The Morgan fingerprint density at radius 1 is 1.31 bits per heavy atom. The van der Waals surface area contributed by atoms with Gasteiger partial charge in [0, 0.05) is 5.56 Å². The number of rotatable bonds is 5. The molecule has 0 bridgehead atoms. The van der Waals surface area contributed by atoms with Crippen LogP contribution in [0.4, 0.5) is 0 Å². The van der Waals surface area contributed by atoms with Crippen molar-refractivity contribution >= 4 is 0 Å². The van der Waals surface area contributed by atoms with Gasteiger partial charge in [-0.3, -0.25) is 0 Å². The Balaban J connectivity index is 2.35. The predicted octanol–water partition coefficient (Wildman–Crippen LogP) is 2.49. The standard InChI is InChI=1S/C11H16O2/c1-2-3-9-13-11(12)10-7-5-4-6-8-10/h4-8,11-12H,2-3,9H2,1H3. The summed E-state index contributed by atoms with van der Waals surface area (Å²) in [7, 11) is 0. The fourth-order valence-electron chi connectivity index (χ4n) is 1.05. The van der Waals surface area contributed by atoms with Crippen LogP contribution in [0.25, 0.3) is 0 Å². The van der Waals surface area contributed by atoms with E-state index in [1.807, 2.05) is 30.3 Å². The van der Waals surface area contributed by atoms with Gasteiger partial charge in [-0.05, 0) is 6.42 Å². The summed E-state index contributed by atoms with van der Waals surface area (Å²) in [4.78, 5) is 0. The average molecular weight is 180 g/mol. The van der Waals surface area contributed by atoms with Gasteiger partial charge >= 0.3 is 0 Å². The fourth-order valence-corrected chi connectivity index (χ4v) is 1.05. The third-order valence-corrected chi connectivity index (χ3v) is 1.86. The molecule has 0 saturated heterocycles. The van der Waals surface area contributed by atoms with Crippen LogP contribution < -0.4 is 0 Å². The van der Waals surface area contributed by atoms with E-state index in [1.54, 1.807) is 0 Å². The Bertz CT molecular complexity index is 221. The number of benzene rings is 1. The molecule has 0 saturated carbocycles. The maximum absolute atomic E-state index is 9.52. The summed E-state index contributed by atoms with van der Waals surface area (Å²) in [5, 5.41) is 9.52. The number of ether oxygens (including phenoxy) is 1. The zero-order valence-electron chi connectivity index (χ0n) is 7.94. The molecule has 0 spiro atoms. The highest BCUT2D eigenvalue weighted by Crippen LogP contribution is 2.13. The summed E-state index contributed by atoms with van der Waals surface area (Å²) in [5.74, 6) is 0. The maximum atomic E-state index is 9.52. The third-order valence-electron chi connectivity index (χ3n) is 1.86. The highest BCUT2D eigenvalue weighted by Gasteiger charge is 2.04. The van der Waals surface area contributed by atoms with E-state index in [1.165, 1.54) is 0 Å². The minimum absolute atomic E-state index is 0.618. The number of hydrogen-bond acceptors (Lipinski definition) is 2. The third kappa shape index (κ3) is 3.57. The molecule has 1 atom stereocenters. The molecule has 0 amide bonds. The minimum atomic E-state index is -0.771. The zero-order valence-corrected chi connectivity index (χ0v) is 7.94. The van der Waals surface area contributed by atoms with Crippen LogP contribution in [0.5, 0.6) is 0 Å². The smallest absolute Gasteiger partial charge is 0.181 e. The van der Waals surface area contributed by atoms with E-state index in [0.29, 0.717) is 6.61 Å². The first-order chi connectivity index (χ1) is 6.34. The number of aliphatic hydroxyl groups is 1. The molecule has 72 valence electrons. The van der Waals surface area contributed by atoms with Gasteiger partial charge in [-0.15, -0.1) is 0 Å². The van der Waals surface area contributed by atoms with Gasteiger partial charge in [0.1, 0.15) is 0 Å². The van der Waals surface area contributed by atoms with Gasteiger partial charge in [0.25, 0.3) is 0 Å². The van der Waals surface area contributed by atoms with Gasteiger partial charge < -0.3 is 9.84 Å². The summed E-state index contributed by atoms with van der Waals surface area (Å²) in [6.07, 6.45) is 1.30. The summed E-state index contributed by atoms with van der Waals surface area (Å²) in [6.45, 7) is 2.71. The number of aliphatic hydroxyl groups excluding tert-OH is 1. The fraction of sp³-hybridized carbons (Fsp3) is 0.455. The molecule has 0 aliphatic heterocycles. The molecular formula is C11H16O2. The van der Waals surface area contributed by atoms with Gasteiger partial charge in [0.2, 0.25) is 0 Å². The van der Waals surface area contributed by atoms with Crippen molar-refractivity contribution in [3.63, 3.8) is 0 Å². The Labute approximate surface area is 79.2 Å². The van der Waals surface area contributed by atoms with Crippen molar-refractivity contribution in [2.24, 2.45) is 0 Å². The molecule has 0 aromatic heterocycles. The lowest BCUT2D eigenvalue weighted by molar-refractivity contribution is -0.103. The molecule has 1 aromatic rings. The molecule has 2 nitrogen and oxygen atoms in total. The van der Waals surface area contributed by atoms with E-state index in [0.717, 1.165) is 18.4 Å². The SMILES string of the molecule is CCCCOC(O)c1ccccc1. The molecule has 0 radical (unpaired) electrons. The molecule has 0 heterocycles. The van der Waals surface area contributed by atoms with Crippen LogP contribution in [-0.4, -0.2) is 11.7 Å². The monoisotopic (exact) mass is 180 g/mol. The van der Waals surface area contributed by atoms with Crippen molar-refractivity contribution in [2.45, 2.75) is 26.1 Å². The Kier molecular flexibility index (Phi) is 4.50. The summed E-state index contributed by atoms with van der Waals surface area (Å²) in [6, 6.07) is 9.42. The Morgan fingerprint density at radius 3 is 2.62 bits per heavy atom. The van der Waals surface area contributed by atoms with E-state index in [-0.39, 0.29) is 0 Å². The van der Waals surface area contributed by atoms with E-state index < -0.39 is 6.29 Å². The van der Waals surface area contributed by atoms with E-state index in [2.05, 4.69) is 6.92 Å². The van der Waals surface area contributed by atoms with Crippen LogP contribution in [0.2, 0.25) is 0 Å². The first-order valence-electron chi connectivity index (χ1n) is 4.69. The van der Waals surface area contributed by atoms with Crippen molar-refractivity contribution in [3.8, 4) is 0 Å². The van der Waals surface area contributed by atoms with Crippen LogP contribution in [0.3, 0.4) is 0 Å². The van der Waals surface area contributed by atoms with E-state index in [4.69, 9.17) is 4.74 Å². The van der Waals surface area contributed by atoms with Crippen LogP contribution in [0.1, 0.15) is 31.6 Å². The largest absolute Gasteiger partial charge is 0.364 e. The number of hydrogen-bond donors (Lipinski definition) is 1. The predicted molar refractivity (Wildman–Crippen MR) is 52.3 cm³/mol. The molecule has 1 unspecified atom stereocenters. The van der Waals surface area contributed by atoms with Gasteiger partial charge in [0.05, 0.1) is 6.61 Å². The van der Waals surface area contributed by atoms with E-state index in [9.17, 15) is 5.11 Å². The highest BCUT2D eigenvalue weighted by molar-refractivity contribution is 5.15. The molecule has 1 rings (SSSR count). The van der Waals surface area contributed by atoms with Gasteiger partial charge in [-0.1, -0.05) is 43.7 Å². The second-order valence-corrected chi connectivity index (χ2v) is 2.99. The second kappa shape index (κ2) is 5.73. The van der Waals surface area contributed by atoms with Crippen molar-refractivity contribution in [1.82, 2.24) is 0 Å².